The minimum absolute atomic E-state index is 0.396. The summed E-state index contributed by atoms with van der Waals surface area (Å²) in [6.07, 6.45) is 9.76. The van der Waals surface area contributed by atoms with Crippen molar-refractivity contribution < 1.29 is 4.79 Å². The maximum Gasteiger partial charge on any atom is 0.253 e. The van der Waals surface area contributed by atoms with Crippen LogP contribution in [0.3, 0.4) is 0 Å². The molecule has 27 heavy (non-hydrogen) atoms. The van der Waals surface area contributed by atoms with Crippen LogP contribution in [0.25, 0.3) is 0 Å². The van der Waals surface area contributed by atoms with E-state index in [1.807, 2.05) is 12.1 Å². The van der Waals surface area contributed by atoms with E-state index < -0.39 is 5.24 Å². The molecular weight excluding hydrogens is 375 g/mol. The zero-order valence-electron chi connectivity index (χ0n) is 16.0. The van der Waals surface area contributed by atoms with Crippen LogP contribution in [0.15, 0.2) is 42.5 Å². The van der Waals surface area contributed by atoms with Crippen molar-refractivity contribution >= 4 is 28.4 Å². The zero-order chi connectivity index (χ0) is 19.2. The second kappa shape index (κ2) is 9.75. The van der Waals surface area contributed by atoms with Crippen molar-refractivity contribution in [3.05, 3.63) is 69.7 Å². The summed E-state index contributed by atoms with van der Waals surface area (Å²) >= 11 is 11.7. The molecule has 0 bridgehead atoms. The van der Waals surface area contributed by atoms with E-state index in [0.29, 0.717) is 10.6 Å². The van der Waals surface area contributed by atoms with E-state index in [9.17, 15) is 4.79 Å². The zero-order valence-corrected chi connectivity index (χ0v) is 17.5. The Morgan fingerprint density at radius 1 is 0.963 bits per heavy atom. The van der Waals surface area contributed by atoms with Gasteiger partial charge in [-0.15, -0.1) is 0 Å². The van der Waals surface area contributed by atoms with Gasteiger partial charge in [0, 0.05) is 0 Å². The minimum atomic E-state index is -0.493. The predicted molar refractivity (Wildman–Crippen MR) is 115 cm³/mol. The Morgan fingerprint density at radius 3 is 2.22 bits per heavy atom. The predicted octanol–water partition coefficient (Wildman–Crippen LogP) is 7.58. The normalized spacial score (nSPS) is 19.8. The molecule has 0 aliphatic heterocycles. The van der Waals surface area contributed by atoms with Gasteiger partial charge in [-0.05, 0) is 97.2 Å². The fraction of sp³-hybridized carbons (Fsp3) is 0.458. The second-order valence-electron chi connectivity index (χ2n) is 7.84. The van der Waals surface area contributed by atoms with Crippen LogP contribution in [0.4, 0.5) is 0 Å². The van der Waals surface area contributed by atoms with E-state index in [1.165, 1.54) is 61.6 Å². The lowest BCUT2D eigenvalue weighted by Crippen LogP contribution is -2.14. The summed E-state index contributed by atoms with van der Waals surface area (Å²) in [5, 5.41) is -0.0321. The Kier molecular flexibility index (Phi) is 7.38. The van der Waals surface area contributed by atoms with E-state index in [2.05, 4.69) is 31.2 Å². The van der Waals surface area contributed by atoms with Gasteiger partial charge in [-0.1, -0.05) is 55.3 Å². The molecule has 144 valence electrons. The first kappa shape index (κ1) is 20.4. The molecule has 0 atom stereocenters. The second-order valence-corrected chi connectivity index (χ2v) is 8.59. The molecule has 0 amide bonds. The van der Waals surface area contributed by atoms with Gasteiger partial charge < -0.3 is 0 Å². The highest BCUT2D eigenvalue weighted by atomic mass is 35.5. The number of benzene rings is 2. The summed E-state index contributed by atoms with van der Waals surface area (Å²) < 4.78 is 0. The SMILES string of the molecule is CCCc1ccc(C2CCC(CCc3ccc(C(=O)Cl)c(Cl)c3)CC2)cc1. The van der Waals surface area contributed by atoms with Gasteiger partial charge in [-0.2, -0.15) is 0 Å². The van der Waals surface area contributed by atoms with E-state index in [0.717, 1.165) is 18.3 Å². The van der Waals surface area contributed by atoms with Gasteiger partial charge in [-0.3, -0.25) is 4.79 Å². The van der Waals surface area contributed by atoms with Gasteiger partial charge in [0.2, 0.25) is 0 Å². The molecule has 0 aromatic heterocycles. The highest BCUT2D eigenvalue weighted by Crippen LogP contribution is 2.37. The Morgan fingerprint density at radius 2 is 1.63 bits per heavy atom. The average molecular weight is 403 g/mol. The first-order valence-electron chi connectivity index (χ1n) is 10.1. The Balaban J connectivity index is 1.48. The summed E-state index contributed by atoms with van der Waals surface area (Å²) in [5.41, 5.74) is 4.56. The molecule has 0 saturated heterocycles. The molecule has 1 nitrogen and oxygen atoms in total. The lowest BCUT2D eigenvalue weighted by molar-refractivity contribution is 0.108. The third kappa shape index (κ3) is 5.59. The fourth-order valence-electron chi connectivity index (χ4n) is 4.27. The van der Waals surface area contributed by atoms with Crippen molar-refractivity contribution in [3.63, 3.8) is 0 Å². The smallest absolute Gasteiger partial charge is 0.253 e. The standard InChI is InChI=1S/C24H28Cl2O/c1-2-3-17-6-11-20(12-7-17)21-13-8-18(9-14-21)4-5-19-10-15-22(24(26)27)23(25)16-19/h6-7,10-12,15-16,18,21H,2-5,8-9,13-14H2,1H3. The molecule has 1 aliphatic carbocycles. The summed E-state index contributed by atoms with van der Waals surface area (Å²) in [6.45, 7) is 2.23. The highest BCUT2D eigenvalue weighted by molar-refractivity contribution is 6.68. The molecule has 0 unspecified atom stereocenters. The van der Waals surface area contributed by atoms with Crippen molar-refractivity contribution in [2.24, 2.45) is 5.92 Å². The third-order valence-electron chi connectivity index (χ3n) is 5.92. The molecule has 2 aromatic carbocycles. The minimum Gasteiger partial charge on any atom is -0.276 e. The molecule has 2 aromatic rings. The lowest BCUT2D eigenvalue weighted by atomic mass is 9.77. The third-order valence-corrected chi connectivity index (χ3v) is 6.44. The van der Waals surface area contributed by atoms with Gasteiger partial charge in [0.05, 0.1) is 10.6 Å². The molecule has 0 radical (unpaired) electrons. The topological polar surface area (TPSA) is 17.1 Å². The van der Waals surface area contributed by atoms with E-state index in [-0.39, 0.29) is 0 Å². The van der Waals surface area contributed by atoms with Crippen LogP contribution in [-0.2, 0) is 12.8 Å². The largest absolute Gasteiger partial charge is 0.276 e. The highest BCUT2D eigenvalue weighted by Gasteiger charge is 2.22. The lowest BCUT2D eigenvalue weighted by Gasteiger charge is -2.29. The Hall–Kier alpha value is -1.31. The van der Waals surface area contributed by atoms with Crippen molar-refractivity contribution in [3.8, 4) is 0 Å². The summed E-state index contributed by atoms with van der Waals surface area (Å²) in [6, 6.07) is 14.9. The summed E-state index contributed by atoms with van der Waals surface area (Å²) in [4.78, 5) is 11.3. The fourth-order valence-corrected chi connectivity index (χ4v) is 4.78. The first-order chi connectivity index (χ1) is 13.1. The van der Waals surface area contributed by atoms with Crippen LogP contribution in [0, 0.1) is 5.92 Å². The molecule has 1 fully saturated rings. The molecule has 1 saturated carbocycles. The molecule has 3 rings (SSSR count). The number of carbonyl (C=O) groups is 1. The van der Waals surface area contributed by atoms with Gasteiger partial charge in [0.15, 0.2) is 0 Å². The van der Waals surface area contributed by atoms with Crippen LogP contribution < -0.4 is 0 Å². The maximum atomic E-state index is 11.3. The number of carbonyl (C=O) groups excluding carboxylic acids is 1. The van der Waals surface area contributed by atoms with Crippen molar-refractivity contribution in [1.29, 1.82) is 0 Å². The van der Waals surface area contributed by atoms with E-state index in [1.54, 1.807) is 6.07 Å². The quantitative estimate of drug-likeness (QED) is 0.436. The van der Waals surface area contributed by atoms with Crippen molar-refractivity contribution in [2.45, 2.75) is 64.2 Å². The number of halogens is 2. The number of aryl methyl sites for hydroxylation is 2. The van der Waals surface area contributed by atoms with Crippen LogP contribution in [-0.4, -0.2) is 5.24 Å². The molecule has 3 heteroatoms. The van der Waals surface area contributed by atoms with Crippen LogP contribution in [0.5, 0.6) is 0 Å². The van der Waals surface area contributed by atoms with E-state index in [4.69, 9.17) is 23.2 Å². The van der Waals surface area contributed by atoms with Crippen LogP contribution >= 0.6 is 23.2 Å². The number of hydrogen-bond donors (Lipinski definition) is 0. The van der Waals surface area contributed by atoms with Crippen molar-refractivity contribution in [1.82, 2.24) is 0 Å². The monoisotopic (exact) mass is 402 g/mol. The first-order valence-corrected chi connectivity index (χ1v) is 10.9. The number of rotatable bonds is 7. The van der Waals surface area contributed by atoms with Crippen LogP contribution in [0.1, 0.15) is 78.4 Å². The number of hydrogen-bond acceptors (Lipinski definition) is 1. The molecule has 1 aliphatic rings. The van der Waals surface area contributed by atoms with Gasteiger partial charge in [-0.25, -0.2) is 0 Å². The Bertz CT molecular complexity index is 758. The Labute approximate surface area is 173 Å². The molecule has 0 N–H and O–H groups in total. The molecule has 0 heterocycles. The maximum absolute atomic E-state index is 11.3. The summed E-state index contributed by atoms with van der Waals surface area (Å²) in [7, 11) is 0. The van der Waals surface area contributed by atoms with Crippen molar-refractivity contribution in [2.75, 3.05) is 0 Å². The molecule has 0 spiro atoms. The van der Waals surface area contributed by atoms with Crippen LogP contribution in [0.2, 0.25) is 5.02 Å². The molecular formula is C24H28Cl2O. The van der Waals surface area contributed by atoms with Gasteiger partial charge in [0.1, 0.15) is 0 Å². The summed E-state index contributed by atoms with van der Waals surface area (Å²) in [5.74, 6) is 1.51. The van der Waals surface area contributed by atoms with Gasteiger partial charge in [0.25, 0.3) is 5.24 Å². The average Bonchev–Trinajstić information content (AvgIpc) is 2.67. The van der Waals surface area contributed by atoms with E-state index >= 15 is 0 Å². The van der Waals surface area contributed by atoms with Gasteiger partial charge >= 0.3 is 0 Å².